The van der Waals surface area contributed by atoms with E-state index >= 15 is 0 Å². The molecule has 0 radical (unpaired) electrons. The molecule has 0 aliphatic rings. The molecule has 0 saturated carbocycles. The third kappa shape index (κ3) is 4.55. The van der Waals surface area contributed by atoms with Gasteiger partial charge in [0.1, 0.15) is 0 Å². The van der Waals surface area contributed by atoms with E-state index in [2.05, 4.69) is 156 Å². The fourth-order valence-corrected chi connectivity index (χ4v) is 12.4. The second-order valence-corrected chi connectivity index (χ2v) is 15.7. The number of nitriles is 2. The van der Waals surface area contributed by atoms with Crippen molar-refractivity contribution in [2.45, 2.75) is 0 Å². The van der Waals surface area contributed by atoms with Gasteiger partial charge in [-0.1, -0.05) is 133 Å². The lowest BCUT2D eigenvalue weighted by atomic mass is 9.99. The van der Waals surface area contributed by atoms with Gasteiger partial charge < -0.3 is 4.57 Å². The van der Waals surface area contributed by atoms with Crippen LogP contribution in [0.1, 0.15) is 11.1 Å². The zero-order valence-electron chi connectivity index (χ0n) is 26.1. The normalized spacial score (nSPS) is 11.3. The summed E-state index contributed by atoms with van der Waals surface area (Å²) >= 11 is 0. The van der Waals surface area contributed by atoms with Crippen LogP contribution in [0.3, 0.4) is 0 Å². The summed E-state index contributed by atoms with van der Waals surface area (Å²) in [5, 5.41) is 27.4. The summed E-state index contributed by atoms with van der Waals surface area (Å²) < 4.78 is 2.26. The predicted molar refractivity (Wildman–Crippen MR) is 199 cm³/mol. The molecule has 0 N–H and O–H groups in total. The molecule has 1 aromatic heterocycles. The molecular formula is C44H29N3Si. The summed E-state index contributed by atoms with van der Waals surface area (Å²) in [6.45, 7) is 0. The highest BCUT2D eigenvalue weighted by molar-refractivity contribution is 7.20. The molecule has 224 valence electrons. The Bertz CT molecular complexity index is 2430. The maximum atomic E-state index is 10.7. The Balaban J connectivity index is 1.46. The van der Waals surface area contributed by atoms with E-state index in [0.717, 1.165) is 38.6 Å². The summed E-state index contributed by atoms with van der Waals surface area (Å²) in [6, 6.07) is 66.3. The van der Waals surface area contributed by atoms with E-state index in [1.54, 1.807) is 0 Å². The first-order valence-electron chi connectivity index (χ1n) is 16.0. The average Bonchev–Trinajstić information content (AvgIpc) is 3.50. The van der Waals surface area contributed by atoms with Gasteiger partial charge in [-0.25, -0.2) is 0 Å². The molecule has 8 rings (SSSR count). The number of fused-ring (bicyclic) bond motifs is 3. The van der Waals surface area contributed by atoms with Crippen molar-refractivity contribution in [1.82, 2.24) is 4.57 Å². The van der Waals surface area contributed by atoms with Crippen molar-refractivity contribution in [2.24, 2.45) is 0 Å². The minimum absolute atomic E-state index is 0.635. The van der Waals surface area contributed by atoms with Crippen molar-refractivity contribution < 1.29 is 0 Å². The first kappa shape index (κ1) is 29.0. The zero-order valence-corrected chi connectivity index (χ0v) is 27.1. The van der Waals surface area contributed by atoms with Gasteiger partial charge in [-0.3, -0.25) is 0 Å². The smallest absolute Gasteiger partial charge is 0.180 e. The van der Waals surface area contributed by atoms with Gasteiger partial charge in [0, 0.05) is 16.5 Å². The maximum absolute atomic E-state index is 10.7. The Morgan fingerprint density at radius 2 is 1.04 bits per heavy atom. The lowest BCUT2D eigenvalue weighted by Gasteiger charge is -2.36. The van der Waals surface area contributed by atoms with Gasteiger partial charge >= 0.3 is 0 Å². The van der Waals surface area contributed by atoms with E-state index in [1.807, 2.05) is 36.4 Å². The number of nitrogens with zero attached hydrogens (tertiary/aromatic N) is 3. The Labute approximate surface area is 280 Å². The molecule has 0 fully saturated rings. The van der Waals surface area contributed by atoms with Crippen molar-refractivity contribution in [3.63, 3.8) is 0 Å². The summed E-state index contributed by atoms with van der Waals surface area (Å²) in [5.41, 5.74) is 6.31. The predicted octanol–water partition coefficient (Wildman–Crippen LogP) is 7.57. The summed E-state index contributed by atoms with van der Waals surface area (Å²) in [6.07, 6.45) is 0. The number of rotatable bonds is 6. The van der Waals surface area contributed by atoms with Crippen molar-refractivity contribution in [3.8, 4) is 29.0 Å². The lowest BCUT2D eigenvalue weighted by Crippen LogP contribution is -2.75. The minimum atomic E-state index is -2.95. The highest BCUT2D eigenvalue weighted by Gasteiger charge is 2.43. The first-order chi connectivity index (χ1) is 23.7. The molecule has 0 unspecified atom stereocenters. The van der Waals surface area contributed by atoms with Crippen molar-refractivity contribution in [2.75, 3.05) is 0 Å². The monoisotopic (exact) mass is 627 g/mol. The summed E-state index contributed by atoms with van der Waals surface area (Å²) in [7, 11) is -2.95. The second kappa shape index (κ2) is 12.0. The van der Waals surface area contributed by atoms with Crippen LogP contribution in [0, 0.1) is 22.7 Å². The Kier molecular flexibility index (Phi) is 7.27. The molecule has 0 bridgehead atoms. The van der Waals surface area contributed by atoms with E-state index in [1.165, 1.54) is 20.7 Å². The van der Waals surface area contributed by atoms with Crippen LogP contribution in [0.5, 0.6) is 0 Å². The van der Waals surface area contributed by atoms with E-state index in [-0.39, 0.29) is 0 Å². The average molecular weight is 628 g/mol. The number of aromatic nitrogens is 1. The van der Waals surface area contributed by atoms with E-state index in [0.29, 0.717) is 11.1 Å². The Hall–Kier alpha value is -6.46. The van der Waals surface area contributed by atoms with Gasteiger partial charge in [0.25, 0.3) is 0 Å². The van der Waals surface area contributed by atoms with Gasteiger partial charge in [-0.05, 0) is 74.3 Å². The lowest BCUT2D eigenvalue weighted by molar-refractivity contribution is 1.18. The standard InChI is InChI=1S/C44H29N3Si/c45-30-32-26-27-42-40(28-32)39-23-10-11-24-41(39)47(42)35-16-12-14-33(29-35)44-34(31-46)15-13-25-43(44)48(36-17-4-1-5-18-36,37-19-6-2-7-20-37)38-21-8-3-9-22-38/h1-29H. The molecule has 0 spiro atoms. The van der Waals surface area contributed by atoms with Crippen LogP contribution >= 0.6 is 0 Å². The minimum Gasteiger partial charge on any atom is -0.309 e. The molecule has 1 heterocycles. The Morgan fingerprint density at radius 1 is 0.458 bits per heavy atom. The molecule has 0 saturated heterocycles. The van der Waals surface area contributed by atoms with Crippen LogP contribution in [0.2, 0.25) is 0 Å². The van der Waals surface area contributed by atoms with Crippen molar-refractivity contribution in [3.05, 3.63) is 187 Å². The van der Waals surface area contributed by atoms with Gasteiger partial charge in [-0.15, -0.1) is 0 Å². The fourth-order valence-electron chi connectivity index (χ4n) is 7.42. The molecule has 48 heavy (non-hydrogen) atoms. The van der Waals surface area contributed by atoms with Crippen molar-refractivity contribution in [1.29, 1.82) is 10.5 Å². The fraction of sp³-hybridized carbons (Fsp3) is 0. The molecule has 7 aromatic carbocycles. The van der Waals surface area contributed by atoms with Crippen LogP contribution < -0.4 is 20.7 Å². The number of hydrogen-bond acceptors (Lipinski definition) is 2. The highest BCUT2D eigenvalue weighted by Crippen LogP contribution is 2.34. The largest absolute Gasteiger partial charge is 0.309 e. The highest BCUT2D eigenvalue weighted by atomic mass is 28.3. The maximum Gasteiger partial charge on any atom is 0.180 e. The number of benzene rings is 7. The summed E-state index contributed by atoms with van der Waals surface area (Å²) in [4.78, 5) is 0. The topological polar surface area (TPSA) is 52.5 Å². The molecule has 0 aliphatic carbocycles. The molecule has 0 amide bonds. The molecule has 3 nitrogen and oxygen atoms in total. The van der Waals surface area contributed by atoms with Crippen LogP contribution in [0.15, 0.2) is 176 Å². The van der Waals surface area contributed by atoms with Crippen LogP contribution in [0.4, 0.5) is 0 Å². The second-order valence-electron chi connectivity index (χ2n) is 11.9. The quantitative estimate of drug-likeness (QED) is 0.141. The van der Waals surface area contributed by atoms with E-state index in [9.17, 15) is 10.5 Å². The molecule has 8 aromatic rings. The van der Waals surface area contributed by atoms with Gasteiger partial charge in [-0.2, -0.15) is 10.5 Å². The van der Waals surface area contributed by atoms with Gasteiger partial charge in [0.05, 0.1) is 34.3 Å². The van der Waals surface area contributed by atoms with Crippen LogP contribution in [-0.4, -0.2) is 12.6 Å². The first-order valence-corrected chi connectivity index (χ1v) is 18.0. The zero-order chi connectivity index (χ0) is 32.5. The van der Waals surface area contributed by atoms with E-state index < -0.39 is 8.07 Å². The summed E-state index contributed by atoms with van der Waals surface area (Å²) in [5.74, 6) is 0. The molecule has 4 heteroatoms. The van der Waals surface area contributed by atoms with Crippen molar-refractivity contribution >= 4 is 50.6 Å². The molecular weight excluding hydrogens is 599 g/mol. The number of hydrogen-bond donors (Lipinski definition) is 0. The molecule has 0 aliphatic heterocycles. The molecule has 0 atom stereocenters. The van der Waals surface area contributed by atoms with E-state index in [4.69, 9.17) is 0 Å². The SMILES string of the molecule is N#Cc1ccc2c(c1)c1ccccc1n2-c1cccc(-c2c(C#N)cccc2[Si](c2ccccc2)(c2ccccc2)c2ccccc2)c1. The Morgan fingerprint density at radius 3 is 1.67 bits per heavy atom. The van der Waals surface area contributed by atoms with Crippen LogP contribution in [-0.2, 0) is 0 Å². The van der Waals surface area contributed by atoms with Gasteiger partial charge in [0.2, 0.25) is 0 Å². The third-order valence-corrected chi connectivity index (χ3v) is 14.2. The third-order valence-electron chi connectivity index (χ3n) is 9.40. The van der Waals surface area contributed by atoms with Gasteiger partial charge in [0.15, 0.2) is 8.07 Å². The number of para-hydroxylation sites is 1. The van der Waals surface area contributed by atoms with Crippen LogP contribution in [0.25, 0.3) is 38.6 Å².